The molecule has 0 aliphatic rings. The van der Waals surface area contributed by atoms with Gasteiger partial charge in [0.2, 0.25) is 5.91 Å². The Bertz CT molecular complexity index is 581. The fourth-order valence-corrected chi connectivity index (χ4v) is 2.03. The van der Waals surface area contributed by atoms with E-state index < -0.39 is 0 Å². The Labute approximate surface area is 125 Å². The first-order valence-electron chi connectivity index (χ1n) is 6.10. The lowest BCUT2D eigenvalue weighted by Crippen LogP contribution is -2.30. The van der Waals surface area contributed by atoms with Crippen LogP contribution < -0.4 is 5.32 Å². The summed E-state index contributed by atoms with van der Waals surface area (Å²) in [7, 11) is 3.76. The number of aryl methyl sites for hydroxylation is 1. The van der Waals surface area contributed by atoms with Crippen LogP contribution in [0.3, 0.4) is 0 Å². The number of hydrogen-bond donors (Lipinski definition) is 1. The molecule has 0 aliphatic carbocycles. The van der Waals surface area contributed by atoms with Crippen molar-refractivity contribution in [1.29, 1.82) is 0 Å². The molecule has 0 atom stereocenters. The Morgan fingerprint density at radius 2 is 2.25 bits per heavy atom. The minimum Gasteiger partial charge on any atom is -0.310 e. The summed E-state index contributed by atoms with van der Waals surface area (Å²) in [6.45, 7) is 0.974. The largest absolute Gasteiger partial charge is 0.310 e. The third-order valence-corrected chi connectivity index (χ3v) is 3.09. The van der Waals surface area contributed by atoms with Gasteiger partial charge in [-0.25, -0.2) is 4.98 Å². The zero-order valence-electron chi connectivity index (χ0n) is 11.4. The van der Waals surface area contributed by atoms with Crippen LogP contribution in [0.2, 0.25) is 0 Å². The highest BCUT2D eigenvalue weighted by Gasteiger charge is 2.09. The molecule has 2 heterocycles. The summed E-state index contributed by atoms with van der Waals surface area (Å²) in [6, 6.07) is 3.59. The van der Waals surface area contributed by atoms with Gasteiger partial charge in [-0.3, -0.25) is 14.4 Å². The van der Waals surface area contributed by atoms with Crippen LogP contribution in [0.4, 0.5) is 5.82 Å². The fraction of sp³-hybridized carbons (Fsp3) is 0.308. The highest BCUT2D eigenvalue weighted by molar-refractivity contribution is 9.10. The summed E-state index contributed by atoms with van der Waals surface area (Å²) in [5.41, 5.74) is 1.07. The third kappa shape index (κ3) is 4.43. The number of hydrogen-bond acceptors (Lipinski definition) is 4. The minimum absolute atomic E-state index is 0.0915. The predicted molar refractivity (Wildman–Crippen MR) is 80.1 cm³/mol. The van der Waals surface area contributed by atoms with Gasteiger partial charge in [0.25, 0.3) is 0 Å². The normalized spacial score (nSPS) is 10.8. The quantitative estimate of drug-likeness (QED) is 0.900. The molecule has 2 aromatic rings. The first-order chi connectivity index (χ1) is 9.52. The van der Waals surface area contributed by atoms with Gasteiger partial charge in [-0.15, -0.1) is 0 Å². The van der Waals surface area contributed by atoms with E-state index in [0.29, 0.717) is 18.9 Å². The van der Waals surface area contributed by atoms with Crippen molar-refractivity contribution < 1.29 is 4.79 Å². The molecule has 0 aliphatic heterocycles. The summed E-state index contributed by atoms with van der Waals surface area (Å²) in [5, 5.41) is 6.86. The molecule has 0 fully saturated rings. The molecule has 7 heteroatoms. The lowest BCUT2D eigenvalue weighted by Gasteiger charge is -2.14. The van der Waals surface area contributed by atoms with Crippen LogP contribution in [0.1, 0.15) is 5.56 Å². The van der Waals surface area contributed by atoms with E-state index in [1.807, 2.05) is 31.3 Å². The molecule has 0 spiro atoms. The first kappa shape index (κ1) is 14.7. The predicted octanol–water partition coefficient (Wildman–Crippen LogP) is 1.65. The number of rotatable bonds is 5. The van der Waals surface area contributed by atoms with Crippen molar-refractivity contribution in [2.24, 2.45) is 7.05 Å². The van der Waals surface area contributed by atoms with E-state index in [0.717, 1.165) is 10.0 Å². The van der Waals surface area contributed by atoms with E-state index in [1.165, 1.54) is 0 Å². The second-order valence-electron chi connectivity index (χ2n) is 4.60. The van der Waals surface area contributed by atoms with Gasteiger partial charge in [0.15, 0.2) is 0 Å². The zero-order valence-corrected chi connectivity index (χ0v) is 13.0. The molecule has 106 valence electrons. The average molecular weight is 338 g/mol. The molecule has 6 nitrogen and oxygen atoms in total. The number of anilines is 1. The molecule has 0 unspecified atom stereocenters. The summed E-state index contributed by atoms with van der Waals surface area (Å²) < 4.78 is 2.62. The summed E-state index contributed by atoms with van der Waals surface area (Å²) in [4.78, 5) is 17.9. The standard InChI is InChI=1S/C13H16BrN5O/c1-18(7-10-5-16-19(2)8-10)9-13(20)17-12-4-3-11(14)6-15-12/h3-6,8H,7,9H2,1-2H3,(H,15,17,20). The van der Waals surface area contributed by atoms with Gasteiger partial charge in [-0.1, -0.05) is 0 Å². The molecular formula is C13H16BrN5O. The SMILES string of the molecule is CN(CC(=O)Nc1ccc(Br)cn1)Cc1cnn(C)c1. The van der Waals surface area contributed by atoms with Crippen molar-refractivity contribution in [3.05, 3.63) is 40.8 Å². The number of halogens is 1. The number of nitrogens with zero attached hydrogens (tertiary/aromatic N) is 4. The van der Waals surface area contributed by atoms with E-state index >= 15 is 0 Å². The van der Waals surface area contributed by atoms with Gasteiger partial charge in [0.1, 0.15) is 5.82 Å². The van der Waals surface area contributed by atoms with Crippen LogP contribution in [0.25, 0.3) is 0 Å². The Morgan fingerprint density at radius 3 is 2.85 bits per heavy atom. The summed E-state index contributed by atoms with van der Waals surface area (Å²) in [6.07, 6.45) is 5.38. The maximum absolute atomic E-state index is 11.9. The van der Waals surface area contributed by atoms with Crippen LogP contribution >= 0.6 is 15.9 Å². The van der Waals surface area contributed by atoms with Gasteiger partial charge in [-0.05, 0) is 35.1 Å². The summed E-state index contributed by atoms with van der Waals surface area (Å²) >= 11 is 3.30. The number of carbonyl (C=O) groups excluding carboxylic acids is 1. The number of likely N-dealkylation sites (N-methyl/N-ethyl adjacent to an activating group) is 1. The lowest BCUT2D eigenvalue weighted by molar-refractivity contribution is -0.117. The number of nitrogens with one attached hydrogen (secondary N) is 1. The molecule has 0 bridgehead atoms. The number of aromatic nitrogens is 3. The molecule has 2 rings (SSSR count). The van der Waals surface area contributed by atoms with Crippen molar-refractivity contribution in [2.45, 2.75) is 6.54 Å². The Balaban J connectivity index is 1.83. The molecule has 1 amide bonds. The van der Waals surface area contributed by atoms with Gasteiger partial charge in [-0.2, -0.15) is 5.10 Å². The Kier molecular flexibility index (Phi) is 4.86. The molecule has 0 radical (unpaired) electrons. The van der Waals surface area contributed by atoms with Gasteiger partial charge in [0, 0.05) is 36.0 Å². The molecule has 20 heavy (non-hydrogen) atoms. The minimum atomic E-state index is -0.0915. The second kappa shape index (κ2) is 6.62. The highest BCUT2D eigenvalue weighted by Crippen LogP contribution is 2.10. The molecule has 1 N–H and O–H groups in total. The number of carbonyl (C=O) groups is 1. The first-order valence-corrected chi connectivity index (χ1v) is 6.90. The maximum Gasteiger partial charge on any atom is 0.239 e. The van der Waals surface area contributed by atoms with Crippen LogP contribution in [0.5, 0.6) is 0 Å². The van der Waals surface area contributed by atoms with E-state index in [9.17, 15) is 4.79 Å². The molecular weight excluding hydrogens is 322 g/mol. The topological polar surface area (TPSA) is 63.1 Å². The second-order valence-corrected chi connectivity index (χ2v) is 5.52. The van der Waals surface area contributed by atoms with Crippen LogP contribution in [0, 0.1) is 0 Å². The number of amides is 1. The summed E-state index contributed by atoms with van der Waals surface area (Å²) in [5.74, 6) is 0.458. The van der Waals surface area contributed by atoms with Crippen molar-refractivity contribution >= 4 is 27.7 Å². The molecule has 0 saturated carbocycles. The van der Waals surface area contributed by atoms with Crippen molar-refractivity contribution in [2.75, 3.05) is 18.9 Å². The van der Waals surface area contributed by atoms with Gasteiger partial charge < -0.3 is 5.32 Å². The van der Waals surface area contributed by atoms with E-state index in [4.69, 9.17) is 0 Å². The molecule has 0 saturated heterocycles. The maximum atomic E-state index is 11.9. The smallest absolute Gasteiger partial charge is 0.239 e. The highest BCUT2D eigenvalue weighted by atomic mass is 79.9. The Hall–Kier alpha value is -1.73. The van der Waals surface area contributed by atoms with Crippen LogP contribution in [-0.4, -0.2) is 39.2 Å². The third-order valence-electron chi connectivity index (χ3n) is 2.62. The number of pyridine rings is 1. The van der Waals surface area contributed by atoms with Gasteiger partial charge in [0.05, 0.1) is 12.7 Å². The van der Waals surface area contributed by atoms with E-state index in [1.54, 1.807) is 23.1 Å². The lowest BCUT2D eigenvalue weighted by atomic mass is 10.3. The van der Waals surface area contributed by atoms with E-state index in [-0.39, 0.29) is 5.91 Å². The molecule has 0 aromatic carbocycles. The van der Waals surface area contributed by atoms with Gasteiger partial charge >= 0.3 is 0 Å². The van der Waals surface area contributed by atoms with Crippen molar-refractivity contribution in [3.63, 3.8) is 0 Å². The average Bonchev–Trinajstić information content (AvgIpc) is 2.77. The van der Waals surface area contributed by atoms with Crippen molar-refractivity contribution in [1.82, 2.24) is 19.7 Å². The van der Waals surface area contributed by atoms with Crippen LogP contribution in [-0.2, 0) is 18.4 Å². The Morgan fingerprint density at radius 1 is 1.45 bits per heavy atom. The zero-order chi connectivity index (χ0) is 14.5. The van der Waals surface area contributed by atoms with Crippen molar-refractivity contribution in [3.8, 4) is 0 Å². The fourth-order valence-electron chi connectivity index (χ4n) is 1.80. The monoisotopic (exact) mass is 337 g/mol. The molecule has 2 aromatic heterocycles. The van der Waals surface area contributed by atoms with Crippen LogP contribution in [0.15, 0.2) is 35.2 Å². The van der Waals surface area contributed by atoms with E-state index in [2.05, 4.69) is 31.3 Å².